The normalized spacial score (nSPS) is 22.4. The monoisotopic (exact) mass is 347 g/mol. The molecule has 0 bridgehead atoms. The number of halogens is 1. The van der Waals surface area contributed by atoms with Crippen LogP contribution in [0.1, 0.15) is 56.9 Å². The molecule has 1 aliphatic carbocycles. The Labute approximate surface area is 150 Å². The number of aliphatic imine (C=N–C) groups is 1. The first-order chi connectivity index (χ1) is 12.2. The fourth-order valence-corrected chi connectivity index (χ4v) is 4.02. The van der Waals surface area contributed by atoms with Crippen LogP contribution in [0, 0.1) is 5.82 Å². The summed E-state index contributed by atoms with van der Waals surface area (Å²) < 4.78 is 18.8. The maximum Gasteiger partial charge on any atom is 0.188 e. The number of benzene rings is 1. The van der Waals surface area contributed by atoms with E-state index < -0.39 is 0 Å². The second-order valence-corrected chi connectivity index (χ2v) is 7.43. The summed E-state index contributed by atoms with van der Waals surface area (Å²) in [5.74, 6) is 0.337. The van der Waals surface area contributed by atoms with E-state index in [0.29, 0.717) is 31.8 Å². The van der Waals surface area contributed by atoms with Gasteiger partial charge in [0.25, 0.3) is 0 Å². The van der Waals surface area contributed by atoms with Crippen LogP contribution in [0.3, 0.4) is 0 Å². The van der Waals surface area contributed by atoms with Gasteiger partial charge in [0.1, 0.15) is 5.82 Å². The zero-order valence-electron chi connectivity index (χ0n) is 15.0. The van der Waals surface area contributed by atoms with Crippen molar-refractivity contribution in [2.75, 3.05) is 19.8 Å². The molecule has 138 valence electrons. The Morgan fingerprint density at radius 1 is 1.12 bits per heavy atom. The summed E-state index contributed by atoms with van der Waals surface area (Å²) in [7, 11) is 0. The van der Waals surface area contributed by atoms with Gasteiger partial charge in [-0.25, -0.2) is 4.39 Å². The molecule has 0 spiro atoms. The third-order valence-corrected chi connectivity index (χ3v) is 5.67. The Morgan fingerprint density at radius 3 is 2.40 bits per heavy atom. The molecule has 25 heavy (non-hydrogen) atoms. The number of nitrogens with zero attached hydrogens (tertiary/aromatic N) is 1. The van der Waals surface area contributed by atoms with Crippen molar-refractivity contribution in [2.45, 2.75) is 62.8 Å². The van der Waals surface area contributed by atoms with Gasteiger partial charge < -0.3 is 15.8 Å². The number of ether oxygens (including phenoxy) is 1. The van der Waals surface area contributed by atoms with Gasteiger partial charge in [0.05, 0.1) is 6.54 Å². The summed E-state index contributed by atoms with van der Waals surface area (Å²) in [5, 5.41) is 3.41. The molecule has 1 saturated carbocycles. The van der Waals surface area contributed by atoms with Crippen LogP contribution >= 0.6 is 0 Å². The molecule has 0 aromatic heterocycles. The van der Waals surface area contributed by atoms with E-state index in [1.807, 2.05) is 12.1 Å². The van der Waals surface area contributed by atoms with E-state index in [2.05, 4.69) is 10.3 Å². The lowest BCUT2D eigenvalue weighted by Crippen LogP contribution is -2.42. The largest absolute Gasteiger partial charge is 0.381 e. The maximum absolute atomic E-state index is 13.3. The molecule has 1 aromatic rings. The SMILES string of the molecule is NC(=NCC1(c2ccc(F)cc2)CCOCC1)NC1CCCCCC1. The van der Waals surface area contributed by atoms with E-state index in [-0.39, 0.29) is 11.2 Å². The van der Waals surface area contributed by atoms with Gasteiger partial charge in [-0.3, -0.25) is 4.99 Å². The third kappa shape index (κ3) is 4.94. The predicted molar refractivity (Wildman–Crippen MR) is 99.2 cm³/mol. The molecule has 4 nitrogen and oxygen atoms in total. The van der Waals surface area contributed by atoms with Crippen LogP contribution in [0.4, 0.5) is 4.39 Å². The molecule has 0 amide bonds. The lowest BCUT2D eigenvalue weighted by atomic mass is 9.74. The topological polar surface area (TPSA) is 59.6 Å². The number of rotatable bonds is 4. The Morgan fingerprint density at radius 2 is 1.76 bits per heavy atom. The molecule has 0 unspecified atom stereocenters. The lowest BCUT2D eigenvalue weighted by molar-refractivity contribution is 0.0531. The van der Waals surface area contributed by atoms with Gasteiger partial charge >= 0.3 is 0 Å². The summed E-state index contributed by atoms with van der Waals surface area (Å²) in [6.07, 6.45) is 9.30. The summed E-state index contributed by atoms with van der Waals surface area (Å²) in [6.45, 7) is 2.04. The van der Waals surface area contributed by atoms with Gasteiger partial charge in [-0.2, -0.15) is 0 Å². The van der Waals surface area contributed by atoms with E-state index >= 15 is 0 Å². The van der Waals surface area contributed by atoms with Crippen molar-refractivity contribution in [3.8, 4) is 0 Å². The molecule has 0 atom stereocenters. The average molecular weight is 347 g/mol. The smallest absolute Gasteiger partial charge is 0.188 e. The highest BCUT2D eigenvalue weighted by Gasteiger charge is 2.34. The van der Waals surface area contributed by atoms with Crippen molar-refractivity contribution in [2.24, 2.45) is 10.7 Å². The van der Waals surface area contributed by atoms with Crippen LogP contribution in [-0.2, 0) is 10.2 Å². The Balaban J connectivity index is 1.68. The first-order valence-electron chi connectivity index (χ1n) is 9.58. The van der Waals surface area contributed by atoms with E-state index in [1.54, 1.807) is 0 Å². The van der Waals surface area contributed by atoms with E-state index in [0.717, 1.165) is 18.4 Å². The van der Waals surface area contributed by atoms with Crippen LogP contribution < -0.4 is 11.1 Å². The van der Waals surface area contributed by atoms with Crippen LogP contribution in [0.5, 0.6) is 0 Å². The fourth-order valence-electron chi connectivity index (χ4n) is 4.02. The second-order valence-electron chi connectivity index (χ2n) is 7.43. The van der Waals surface area contributed by atoms with Crippen molar-refractivity contribution < 1.29 is 9.13 Å². The molecule has 0 radical (unpaired) electrons. The standard InChI is InChI=1S/C20H30FN3O/c21-17-9-7-16(8-10-17)20(11-13-25-14-12-20)15-23-19(22)24-18-5-3-1-2-4-6-18/h7-10,18H,1-6,11-15H2,(H3,22,23,24). The van der Waals surface area contributed by atoms with Crippen molar-refractivity contribution in [3.05, 3.63) is 35.6 Å². The highest BCUT2D eigenvalue weighted by molar-refractivity contribution is 5.78. The number of nitrogens with one attached hydrogen (secondary N) is 1. The number of nitrogens with two attached hydrogens (primary N) is 1. The van der Waals surface area contributed by atoms with Gasteiger partial charge in [-0.1, -0.05) is 37.8 Å². The predicted octanol–water partition coefficient (Wildman–Crippen LogP) is 3.50. The molecular formula is C20H30FN3O. The van der Waals surface area contributed by atoms with Gasteiger partial charge in [0, 0.05) is 24.7 Å². The van der Waals surface area contributed by atoms with Crippen molar-refractivity contribution in [1.29, 1.82) is 0 Å². The van der Waals surface area contributed by atoms with Crippen LogP contribution in [0.2, 0.25) is 0 Å². The molecule has 1 saturated heterocycles. The zero-order chi connectivity index (χ0) is 17.5. The Bertz CT molecular complexity index is 559. The highest BCUT2D eigenvalue weighted by Crippen LogP contribution is 2.35. The number of guanidine groups is 1. The molecule has 1 aliphatic heterocycles. The summed E-state index contributed by atoms with van der Waals surface area (Å²) in [5.41, 5.74) is 7.20. The van der Waals surface area contributed by atoms with Crippen molar-refractivity contribution >= 4 is 5.96 Å². The minimum Gasteiger partial charge on any atom is -0.381 e. The fraction of sp³-hybridized carbons (Fsp3) is 0.650. The minimum absolute atomic E-state index is 0.109. The maximum atomic E-state index is 13.3. The first kappa shape index (κ1) is 18.2. The van der Waals surface area contributed by atoms with Crippen LogP contribution in [0.15, 0.2) is 29.3 Å². The zero-order valence-corrected chi connectivity index (χ0v) is 15.0. The number of hydrogen-bond acceptors (Lipinski definition) is 2. The highest BCUT2D eigenvalue weighted by atomic mass is 19.1. The summed E-state index contributed by atoms with van der Waals surface area (Å²) in [4.78, 5) is 4.68. The van der Waals surface area contributed by atoms with E-state index in [4.69, 9.17) is 10.5 Å². The van der Waals surface area contributed by atoms with Crippen LogP contribution in [0.25, 0.3) is 0 Å². The molecular weight excluding hydrogens is 317 g/mol. The van der Waals surface area contributed by atoms with Gasteiger partial charge in [-0.05, 0) is 43.4 Å². The van der Waals surface area contributed by atoms with Gasteiger partial charge in [0.2, 0.25) is 0 Å². The molecule has 1 aromatic carbocycles. The third-order valence-electron chi connectivity index (χ3n) is 5.67. The van der Waals surface area contributed by atoms with Crippen molar-refractivity contribution in [1.82, 2.24) is 5.32 Å². The van der Waals surface area contributed by atoms with Crippen LogP contribution in [-0.4, -0.2) is 31.8 Å². The quantitative estimate of drug-likeness (QED) is 0.498. The number of hydrogen-bond donors (Lipinski definition) is 2. The van der Waals surface area contributed by atoms with Gasteiger partial charge in [-0.15, -0.1) is 0 Å². The second kappa shape index (κ2) is 8.65. The molecule has 2 fully saturated rings. The molecule has 3 N–H and O–H groups in total. The Kier molecular flexibility index (Phi) is 6.29. The molecule has 1 heterocycles. The lowest BCUT2D eigenvalue weighted by Gasteiger charge is -2.36. The first-order valence-corrected chi connectivity index (χ1v) is 9.58. The van der Waals surface area contributed by atoms with E-state index in [1.165, 1.54) is 50.7 Å². The summed E-state index contributed by atoms with van der Waals surface area (Å²) in [6, 6.07) is 7.27. The molecule has 3 rings (SSSR count). The molecule has 2 aliphatic rings. The van der Waals surface area contributed by atoms with E-state index in [9.17, 15) is 4.39 Å². The minimum atomic E-state index is -0.205. The summed E-state index contributed by atoms with van der Waals surface area (Å²) >= 11 is 0. The molecule has 5 heteroatoms. The van der Waals surface area contributed by atoms with Crippen molar-refractivity contribution in [3.63, 3.8) is 0 Å². The van der Waals surface area contributed by atoms with Gasteiger partial charge in [0.15, 0.2) is 5.96 Å². The Hall–Kier alpha value is -1.62. The average Bonchev–Trinajstić information content (AvgIpc) is 2.90.